The number of anilines is 1. The number of nitrogens with one attached hydrogen (secondary N) is 2. The molecule has 0 spiro atoms. The Bertz CT molecular complexity index is 732. The summed E-state index contributed by atoms with van der Waals surface area (Å²) in [7, 11) is 0. The number of thiazole rings is 1. The summed E-state index contributed by atoms with van der Waals surface area (Å²) in [6.07, 6.45) is 6.63. The zero-order valence-electron chi connectivity index (χ0n) is 12.3. The smallest absolute Gasteiger partial charge is 0.217 e. The van der Waals surface area contributed by atoms with Gasteiger partial charge in [0.05, 0.1) is 19.4 Å². The Hall–Kier alpha value is -2.50. The number of carbonyl (C=O) groups excluding carboxylic acids is 1. The van der Waals surface area contributed by atoms with Crippen LogP contribution in [0.4, 0.5) is 10.1 Å². The van der Waals surface area contributed by atoms with Crippen molar-refractivity contribution in [2.45, 2.75) is 13.5 Å². The van der Waals surface area contributed by atoms with Crippen LogP contribution in [0, 0.1) is 12.3 Å². The van der Waals surface area contributed by atoms with Crippen molar-refractivity contribution >= 4 is 46.1 Å². The minimum Gasteiger partial charge on any atom is -0.457 e. The summed E-state index contributed by atoms with van der Waals surface area (Å²) in [6.45, 7) is 2.15. The van der Waals surface area contributed by atoms with E-state index in [2.05, 4.69) is 26.5 Å². The second kappa shape index (κ2) is 8.82. The van der Waals surface area contributed by atoms with Crippen molar-refractivity contribution in [1.29, 1.82) is 0 Å². The van der Waals surface area contributed by atoms with Gasteiger partial charge in [0.15, 0.2) is 15.9 Å². The van der Waals surface area contributed by atoms with Gasteiger partial charge >= 0.3 is 0 Å². The monoisotopic (exact) mass is 353 g/mol. The molecule has 0 bridgehead atoms. The average molecular weight is 354 g/mol. The Morgan fingerprint density at radius 1 is 1.61 bits per heavy atom. The second-order valence-electron chi connectivity index (χ2n) is 4.22. The van der Waals surface area contributed by atoms with Crippen LogP contribution in [0.15, 0.2) is 21.5 Å². The minimum absolute atomic E-state index is 0. The van der Waals surface area contributed by atoms with Crippen LogP contribution in [0.5, 0.6) is 0 Å². The molecule has 9 heteroatoms. The number of hydrogen-bond donors (Lipinski definition) is 3. The number of amides is 1. The number of terminal acetylenes is 1. The molecule has 4 N–H and O–H groups in total. The summed E-state index contributed by atoms with van der Waals surface area (Å²) in [4.78, 5) is 19.4. The topological polar surface area (TPSA) is 106 Å². The van der Waals surface area contributed by atoms with Gasteiger partial charge in [-0.3, -0.25) is 4.79 Å². The average Bonchev–Trinajstić information content (AvgIpc) is 3.08. The van der Waals surface area contributed by atoms with E-state index in [-0.39, 0.29) is 18.3 Å². The Kier molecular flexibility index (Phi) is 7.12. The highest BCUT2D eigenvalue weighted by Gasteiger charge is 2.15. The van der Waals surface area contributed by atoms with Gasteiger partial charge < -0.3 is 20.8 Å². The predicted octanol–water partition coefficient (Wildman–Crippen LogP) is 1.93. The molecule has 0 aliphatic carbocycles. The molecule has 0 aromatic carbocycles. The lowest BCUT2D eigenvalue weighted by Gasteiger charge is -1.98. The van der Waals surface area contributed by atoms with Crippen LogP contribution >= 0.6 is 23.7 Å². The van der Waals surface area contributed by atoms with Crippen molar-refractivity contribution < 1.29 is 9.21 Å². The van der Waals surface area contributed by atoms with E-state index in [1.54, 1.807) is 12.1 Å². The zero-order valence-corrected chi connectivity index (χ0v) is 14.0. The van der Waals surface area contributed by atoms with Crippen molar-refractivity contribution in [2.75, 3.05) is 12.3 Å². The summed E-state index contributed by atoms with van der Waals surface area (Å²) in [5, 5.41) is 6.50. The summed E-state index contributed by atoms with van der Waals surface area (Å²) in [5.74, 6) is 3.48. The van der Waals surface area contributed by atoms with E-state index in [0.29, 0.717) is 40.4 Å². The predicted molar refractivity (Wildman–Crippen MR) is 94.0 cm³/mol. The van der Waals surface area contributed by atoms with Gasteiger partial charge in [-0.1, -0.05) is 17.3 Å². The lowest BCUT2D eigenvalue weighted by molar-refractivity contribution is -0.119. The first-order valence-corrected chi connectivity index (χ1v) is 7.21. The van der Waals surface area contributed by atoms with Crippen LogP contribution < -0.4 is 16.4 Å². The van der Waals surface area contributed by atoms with E-state index in [1.165, 1.54) is 24.6 Å². The highest BCUT2D eigenvalue weighted by molar-refractivity contribution is 7.19. The van der Waals surface area contributed by atoms with Crippen molar-refractivity contribution in [3.05, 3.63) is 17.9 Å². The standard InChI is InChI=1S/C14H15N5O2S.ClH/c1-3-6-16-8-18-13-12(19-14(15)22-13)11-5-4-10(21-11)7-17-9(2)20;/h1,4-5,8H,6-7H2,2H3,(H2,15,19)(H,16,18)(H,17,20);1H. The number of halogens is 1. The van der Waals surface area contributed by atoms with E-state index in [4.69, 9.17) is 16.6 Å². The van der Waals surface area contributed by atoms with Gasteiger partial charge in [0.1, 0.15) is 11.5 Å². The molecule has 122 valence electrons. The molecule has 0 aliphatic heterocycles. The lowest BCUT2D eigenvalue weighted by Crippen LogP contribution is -2.18. The molecule has 0 saturated heterocycles. The molecule has 0 radical (unpaired) electrons. The van der Waals surface area contributed by atoms with E-state index in [0.717, 1.165) is 0 Å². The number of hydrogen-bond acceptors (Lipinski definition) is 6. The Balaban J connectivity index is 0.00000264. The van der Waals surface area contributed by atoms with Gasteiger partial charge in [0.25, 0.3) is 0 Å². The molecule has 7 nitrogen and oxygen atoms in total. The summed E-state index contributed by atoms with van der Waals surface area (Å²) >= 11 is 1.24. The van der Waals surface area contributed by atoms with Crippen molar-refractivity contribution in [3.8, 4) is 23.8 Å². The fourth-order valence-corrected chi connectivity index (χ4v) is 2.28. The Morgan fingerprint density at radius 2 is 2.39 bits per heavy atom. The van der Waals surface area contributed by atoms with Gasteiger partial charge in [0.2, 0.25) is 5.91 Å². The van der Waals surface area contributed by atoms with Crippen LogP contribution in [-0.2, 0) is 11.3 Å². The first-order chi connectivity index (χ1) is 10.6. The quantitative estimate of drug-likeness (QED) is 0.318. The number of aromatic nitrogens is 1. The molecule has 2 aromatic rings. The first-order valence-electron chi connectivity index (χ1n) is 6.39. The third kappa shape index (κ3) is 5.32. The molecular formula is C14H16ClN5O2S. The first kappa shape index (κ1) is 18.5. The van der Waals surface area contributed by atoms with Gasteiger partial charge in [-0.05, 0) is 12.1 Å². The van der Waals surface area contributed by atoms with Gasteiger partial charge in [0, 0.05) is 6.92 Å². The van der Waals surface area contributed by atoms with Crippen molar-refractivity contribution in [3.63, 3.8) is 0 Å². The maximum Gasteiger partial charge on any atom is 0.217 e. The number of furan rings is 1. The van der Waals surface area contributed by atoms with E-state index >= 15 is 0 Å². The molecule has 2 heterocycles. The molecule has 0 aliphatic rings. The van der Waals surface area contributed by atoms with Crippen LogP contribution in [0.25, 0.3) is 11.5 Å². The SMILES string of the molecule is C#CCNC=Nc1sc(N)nc1-c1ccc(CNC(C)=O)o1.Cl. The van der Waals surface area contributed by atoms with Crippen LogP contribution in [0.3, 0.4) is 0 Å². The number of aliphatic imine (C=N–C) groups is 1. The van der Waals surface area contributed by atoms with Crippen LogP contribution in [0.1, 0.15) is 12.7 Å². The third-order valence-electron chi connectivity index (χ3n) is 2.51. The van der Waals surface area contributed by atoms with E-state index in [1.807, 2.05) is 0 Å². The second-order valence-corrected chi connectivity index (χ2v) is 5.23. The van der Waals surface area contributed by atoms with Gasteiger partial charge in [-0.25, -0.2) is 9.98 Å². The highest BCUT2D eigenvalue weighted by atomic mass is 35.5. The molecule has 0 fully saturated rings. The largest absolute Gasteiger partial charge is 0.457 e. The molecular weight excluding hydrogens is 338 g/mol. The number of rotatable bonds is 6. The number of nitrogens with two attached hydrogens (primary N) is 1. The molecule has 0 unspecified atom stereocenters. The molecule has 1 amide bonds. The van der Waals surface area contributed by atoms with Crippen LogP contribution in [0.2, 0.25) is 0 Å². The fraction of sp³-hybridized carbons (Fsp3) is 0.214. The summed E-state index contributed by atoms with van der Waals surface area (Å²) in [5.41, 5.74) is 6.29. The van der Waals surface area contributed by atoms with Gasteiger partial charge in [-0.2, -0.15) is 0 Å². The molecule has 2 aromatic heterocycles. The zero-order chi connectivity index (χ0) is 15.9. The number of nitrogen functional groups attached to an aromatic ring is 1. The van der Waals surface area contributed by atoms with E-state index < -0.39 is 0 Å². The van der Waals surface area contributed by atoms with E-state index in [9.17, 15) is 4.79 Å². The number of nitrogens with zero attached hydrogens (tertiary/aromatic N) is 2. The number of carbonyl (C=O) groups is 1. The maximum atomic E-state index is 10.9. The highest BCUT2D eigenvalue weighted by Crippen LogP contribution is 2.37. The van der Waals surface area contributed by atoms with Crippen molar-refractivity contribution in [1.82, 2.24) is 15.6 Å². The summed E-state index contributed by atoms with van der Waals surface area (Å²) in [6, 6.07) is 3.53. The van der Waals surface area contributed by atoms with Gasteiger partial charge in [-0.15, -0.1) is 18.8 Å². The Labute approximate surface area is 143 Å². The normalized spacial score (nSPS) is 10.1. The maximum absolute atomic E-state index is 10.9. The van der Waals surface area contributed by atoms with Crippen LogP contribution in [-0.4, -0.2) is 23.8 Å². The molecule has 0 saturated carbocycles. The molecule has 0 atom stereocenters. The fourth-order valence-electron chi connectivity index (χ4n) is 1.60. The summed E-state index contributed by atoms with van der Waals surface area (Å²) < 4.78 is 5.65. The lowest BCUT2D eigenvalue weighted by atomic mass is 10.3. The van der Waals surface area contributed by atoms with Crippen molar-refractivity contribution in [2.24, 2.45) is 4.99 Å². The Morgan fingerprint density at radius 3 is 3.09 bits per heavy atom. The molecule has 23 heavy (non-hydrogen) atoms. The molecule has 2 rings (SSSR count). The minimum atomic E-state index is -0.124. The third-order valence-corrected chi connectivity index (χ3v) is 3.30.